The van der Waals surface area contributed by atoms with Gasteiger partial charge in [0.25, 0.3) is 5.91 Å². The fourth-order valence-electron chi connectivity index (χ4n) is 8.51. The van der Waals surface area contributed by atoms with Gasteiger partial charge in [-0.2, -0.15) is 22.0 Å². The number of hydrogen-bond donors (Lipinski definition) is 5. The first-order valence-corrected chi connectivity index (χ1v) is 21.6. The van der Waals surface area contributed by atoms with Crippen LogP contribution in [0, 0.1) is 18.8 Å². The molecule has 3 atom stereocenters. The molecule has 4 aromatic rings. The SMILES string of the molecule is Cc1cc(C(=O)NC2CCN(C)CC2)ccc1-c1ccc(C[C@H](NC2OC2C2CCC(CNC(=O)OC(C)(C)C)CC2)C(=O)Nc2ccc3nc(C(F)(F)C(F)(F)F)[nH]c3c2)cc1. The molecule has 340 valence electrons. The van der Waals surface area contributed by atoms with Crippen LogP contribution in [-0.2, 0) is 26.6 Å². The second-order valence-electron chi connectivity index (χ2n) is 18.3. The molecule has 2 unspecified atom stereocenters. The summed E-state index contributed by atoms with van der Waals surface area (Å²) in [5, 5.41) is 12.2. The molecule has 3 amide bonds. The first-order valence-electron chi connectivity index (χ1n) is 21.6. The van der Waals surface area contributed by atoms with Gasteiger partial charge in [-0.3, -0.25) is 14.9 Å². The molecule has 63 heavy (non-hydrogen) atoms. The van der Waals surface area contributed by atoms with E-state index in [2.05, 4.69) is 43.2 Å². The second-order valence-corrected chi connectivity index (χ2v) is 18.3. The number of likely N-dealkylation sites (tertiary alicyclic amines) is 1. The Hall–Kier alpha value is -5.13. The first kappa shape index (κ1) is 45.9. The monoisotopic (exact) mass is 881 g/mol. The molecule has 1 aromatic heterocycles. The fourth-order valence-corrected chi connectivity index (χ4v) is 8.51. The molecule has 0 radical (unpaired) electrons. The molecule has 17 heteroatoms. The van der Waals surface area contributed by atoms with Crippen LogP contribution in [0.4, 0.5) is 32.4 Å². The van der Waals surface area contributed by atoms with E-state index in [1.54, 1.807) is 0 Å². The number of imidazole rings is 1. The smallest absolute Gasteiger partial charge is 0.444 e. The summed E-state index contributed by atoms with van der Waals surface area (Å²) in [6.07, 6.45) is -1.22. The number of carbonyl (C=O) groups is 3. The zero-order chi connectivity index (χ0) is 45.3. The van der Waals surface area contributed by atoms with Crippen LogP contribution >= 0.6 is 0 Å². The van der Waals surface area contributed by atoms with Crippen molar-refractivity contribution in [2.24, 2.45) is 11.8 Å². The van der Waals surface area contributed by atoms with Gasteiger partial charge >= 0.3 is 18.2 Å². The highest BCUT2D eigenvalue weighted by Crippen LogP contribution is 2.43. The first-order chi connectivity index (χ1) is 29.7. The Labute approximate surface area is 363 Å². The van der Waals surface area contributed by atoms with Gasteiger partial charge in [-0.15, -0.1) is 0 Å². The summed E-state index contributed by atoms with van der Waals surface area (Å²) in [5.41, 5.74) is 3.62. The molecule has 3 fully saturated rings. The minimum atomic E-state index is -5.84. The number of alkyl halides is 5. The molecule has 1 aliphatic carbocycles. The number of benzene rings is 3. The number of alkyl carbamates (subject to hydrolysis) is 1. The molecule has 0 bridgehead atoms. The van der Waals surface area contributed by atoms with E-state index in [0.29, 0.717) is 18.0 Å². The van der Waals surface area contributed by atoms with Gasteiger partial charge in [-0.1, -0.05) is 30.3 Å². The van der Waals surface area contributed by atoms with Gasteiger partial charge < -0.3 is 35.3 Å². The lowest BCUT2D eigenvalue weighted by Gasteiger charge is -2.29. The molecule has 12 nitrogen and oxygen atoms in total. The van der Waals surface area contributed by atoms with Gasteiger partial charge in [0.1, 0.15) is 17.9 Å². The largest absolute Gasteiger partial charge is 0.461 e. The van der Waals surface area contributed by atoms with Crippen molar-refractivity contribution in [2.75, 3.05) is 32.0 Å². The number of fused-ring (bicyclic) bond motifs is 1. The fraction of sp³-hybridized carbons (Fsp3) is 0.522. The van der Waals surface area contributed by atoms with Crippen molar-refractivity contribution >= 4 is 34.6 Å². The van der Waals surface area contributed by atoms with E-state index in [0.717, 1.165) is 73.9 Å². The summed E-state index contributed by atoms with van der Waals surface area (Å²) in [5.74, 6) is -6.74. The van der Waals surface area contributed by atoms with Gasteiger partial charge in [0.15, 0.2) is 5.82 Å². The van der Waals surface area contributed by atoms with E-state index in [1.165, 1.54) is 18.2 Å². The number of nitrogens with one attached hydrogen (secondary N) is 5. The number of aromatic nitrogens is 2. The van der Waals surface area contributed by atoms with Gasteiger partial charge in [0.2, 0.25) is 5.91 Å². The predicted molar refractivity (Wildman–Crippen MR) is 228 cm³/mol. The number of carbonyl (C=O) groups excluding carboxylic acids is 3. The number of H-pyrrole nitrogens is 1. The Morgan fingerprint density at radius 2 is 1.62 bits per heavy atom. The number of piperidine rings is 1. The number of aryl methyl sites for hydroxylation is 1. The van der Waals surface area contributed by atoms with Gasteiger partial charge in [-0.05, 0) is 157 Å². The highest BCUT2D eigenvalue weighted by atomic mass is 19.4. The van der Waals surface area contributed by atoms with E-state index < -0.39 is 47.8 Å². The lowest BCUT2D eigenvalue weighted by atomic mass is 9.80. The quantitative estimate of drug-likeness (QED) is 0.0666. The lowest BCUT2D eigenvalue weighted by molar-refractivity contribution is -0.292. The van der Waals surface area contributed by atoms with Crippen LogP contribution in [-0.4, -0.2) is 95.7 Å². The summed E-state index contributed by atoms with van der Waals surface area (Å²) in [4.78, 5) is 47.0. The zero-order valence-corrected chi connectivity index (χ0v) is 36.1. The maximum absolute atomic E-state index is 14.1. The summed E-state index contributed by atoms with van der Waals surface area (Å²) >= 11 is 0. The molecule has 3 aromatic carbocycles. The van der Waals surface area contributed by atoms with Crippen molar-refractivity contribution in [1.29, 1.82) is 0 Å². The average Bonchev–Trinajstić information content (AvgIpc) is 3.85. The van der Waals surface area contributed by atoms with Gasteiger partial charge in [-0.25, -0.2) is 9.78 Å². The minimum absolute atomic E-state index is 0.0919. The molecule has 1 saturated carbocycles. The summed E-state index contributed by atoms with van der Waals surface area (Å²) in [6.45, 7) is 9.82. The molecule has 7 rings (SSSR count). The Bertz CT molecular complexity index is 2260. The molecule has 0 spiro atoms. The van der Waals surface area contributed by atoms with E-state index in [1.807, 2.05) is 70.2 Å². The third kappa shape index (κ3) is 11.5. The number of ether oxygens (including phenoxy) is 2. The standard InChI is InChI=1S/C46H56F5N7O5/c1-26-22-31(39(59)53-32-18-20-58(5)21-19-32)14-16-34(26)29-10-6-27(7-11-29)23-37(40(60)54-33-15-17-35-36(24-33)57-42(56-35)45(47,48)46(49,50)51)55-41-38(62-41)30-12-8-28(9-13-30)25-52-43(61)63-44(2,3)4/h6-7,10-11,14-17,22,24,28,30,32,37-38,41,55H,8-9,12-13,18-21,23,25H2,1-5H3,(H,52,61)(H,53,59)(H,54,60)(H,56,57)/t28?,30?,37-,38?,41?/m0/s1. The number of rotatable bonds is 13. The highest BCUT2D eigenvalue weighted by Gasteiger charge is 2.61. The van der Waals surface area contributed by atoms with Crippen LogP contribution in [0.1, 0.15) is 86.6 Å². The molecular weight excluding hydrogens is 826 g/mol. The highest BCUT2D eigenvalue weighted by molar-refractivity contribution is 5.97. The molecular formula is C46H56F5N7O5. The second kappa shape index (κ2) is 18.5. The number of hydrogen-bond acceptors (Lipinski definition) is 8. The van der Waals surface area contributed by atoms with E-state index in [-0.39, 0.29) is 47.1 Å². The molecule has 5 N–H and O–H groups in total. The minimum Gasteiger partial charge on any atom is -0.444 e. The normalized spacial score (nSPS) is 21.7. The van der Waals surface area contributed by atoms with Crippen LogP contribution < -0.4 is 21.3 Å². The zero-order valence-electron chi connectivity index (χ0n) is 36.1. The average molecular weight is 882 g/mol. The Kier molecular flexibility index (Phi) is 13.5. The van der Waals surface area contributed by atoms with Crippen molar-refractivity contribution in [3.05, 3.63) is 83.2 Å². The van der Waals surface area contributed by atoms with Crippen LogP contribution in [0.2, 0.25) is 0 Å². The number of nitrogens with zero attached hydrogens (tertiary/aromatic N) is 2. The van der Waals surface area contributed by atoms with E-state index in [4.69, 9.17) is 9.47 Å². The van der Waals surface area contributed by atoms with Crippen LogP contribution in [0.15, 0.2) is 60.7 Å². The number of halogens is 5. The van der Waals surface area contributed by atoms with Crippen molar-refractivity contribution in [2.45, 2.75) is 115 Å². The van der Waals surface area contributed by atoms with Gasteiger partial charge in [0, 0.05) is 23.8 Å². The Morgan fingerprint density at radius 3 is 2.27 bits per heavy atom. The Balaban J connectivity index is 1.01. The molecule has 3 heterocycles. The number of anilines is 1. The summed E-state index contributed by atoms with van der Waals surface area (Å²) in [7, 11) is 2.08. The van der Waals surface area contributed by atoms with E-state index >= 15 is 0 Å². The topological polar surface area (TPSA) is 153 Å². The Morgan fingerprint density at radius 1 is 0.921 bits per heavy atom. The van der Waals surface area contributed by atoms with Crippen molar-refractivity contribution in [3.8, 4) is 11.1 Å². The molecule has 2 aliphatic heterocycles. The number of epoxide rings is 1. The lowest BCUT2D eigenvalue weighted by Crippen LogP contribution is -2.44. The van der Waals surface area contributed by atoms with Crippen molar-refractivity contribution < 1.29 is 45.8 Å². The summed E-state index contributed by atoms with van der Waals surface area (Å²) in [6, 6.07) is 16.6. The van der Waals surface area contributed by atoms with Crippen LogP contribution in [0.5, 0.6) is 0 Å². The third-order valence-corrected chi connectivity index (χ3v) is 12.1. The maximum Gasteiger partial charge on any atom is 0.461 e. The predicted octanol–water partition coefficient (Wildman–Crippen LogP) is 8.21. The van der Waals surface area contributed by atoms with Gasteiger partial charge in [0.05, 0.1) is 17.1 Å². The van der Waals surface area contributed by atoms with Crippen molar-refractivity contribution in [1.82, 2.24) is 30.8 Å². The van der Waals surface area contributed by atoms with Crippen LogP contribution in [0.3, 0.4) is 0 Å². The number of aromatic amines is 1. The number of amides is 3. The van der Waals surface area contributed by atoms with Crippen LogP contribution in [0.25, 0.3) is 22.2 Å². The molecule has 2 saturated heterocycles. The van der Waals surface area contributed by atoms with Crippen molar-refractivity contribution in [3.63, 3.8) is 0 Å². The van der Waals surface area contributed by atoms with E-state index in [9.17, 15) is 36.3 Å². The third-order valence-electron chi connectivity index (χ3n) is 12.1. The maximum atomic E-state index is 14.1. The molecule has 3 aliphatic rings. The summed E-state index contributed by atoms with van der Waals surface area (Å²) < 4.78 is 78.8.